The Hall–Kier alpha value is -0.610. The van der Waals surface area contributed by atoms with Gasteiger partial charge in [0.25, 0.3) is 0 Å². The van der Waals surface area contributed by atoms with Crippen LogP contribution in [0.15, 0.2) is 0 Å². The number of carboxylic acid groups (broad SMARTS) is 1. The molecule has 0 aliphatic carbocycles. The lowest BCUT2D eigenvalue weighted by molar-refractivity contribution is -0.138. The Morgan fingerprint density at radius 1 is 1.53 bits per heavy atom. The molecule has 0 aromatic heterocycles. The van der Waals surface area contributed by atoms with Gasteiger partial charge in [0.1, 0.15) is 0 Å². The molecule has 1 rings (SSSR count). The van der Waals surface area contributed by atoms with E-state index in [1.54, 1.807) is 0 Å². The molecular formula is C13H25NO3. The molecule has 0 saturated carbocycles. The molecule has 4 nitrogen and oxygen atoms in total. The topological polar surface area (TPSA) is 60.8 Å². The molecule has 0 aromatic rings. The van der Waals surface area contributed by atoms with E-state index >= 15 is 0 Å². The first kappa shape index (κ1) is 14.5. The third-order valence-electron chi connectivity index (χ3n) is 3.45. The summed E-state index contributed by atoms with van der Waals surface area (Å²) in [4.78, 5) is 13.0. The number of nitrogens with zero attached hydrogens (tertiary/aromatic N) is 1. The van der Waals surface area contributed by atoms with Crippen molar-refractivity contribution >= 4 is 5.97 Å². The fourth-order valence-electron chi connectivity index (χ4n) is 2.69. The Morgan fingerprint density at radius 3 is 2.71 bits per heavy atom. The van der Waals surface area contributed by atoms with E-state index in [0.717, 1.165) is 25.9 Å². The molecule has 1 fully saturated rings. The third-order valence-corrected chi connectivity index (χ3v) is 3.45. The molecule has 2 N–H and O–H groups in total. The largest absolute Gasteiger partial charge is 0.481 e. The van der Waals surface area contributed by atoms with Crippen molar-refractivity contribution in [1.29, 1.82) is 0 Å². The minimum Gasteiger partial charge on any atom is -0.481 e. The SMILES string of the molecule is CC(CC(=O)O)C1CCCN(CC(C)(C)O)C1. The van der Waals surface area contributed by atoms with E-state index in [1.165, 1.54) is 0 Å². The van der Waals surface area contributed by atoms with E-state index in [4.69, 9.17) is 5.11 Å². The van der Waals surface area contributed by atoms with Crippen LogP contribution in [-0.4, -0.2) is 46.3 Å². The molecule has 1 saturated heterocycles. The number of likely N-dealkylation sites (tertiary alicyclic amines) is 1. The molecule has 0 spiro atoms. The highest BCUT2D eigenvalue weighted by Gasteiger charge is 2.28. The van der Waals surface area contributed by atoms with Crippen molar-refractivity contribution in [3.05, 3.63) is 0 Å². The van der Waals surface area contributed by atoms with E-state index in [-0.39, 0.29) is 12.3 Å². The van der Waals surface area contributed by atoms with Gasteiger partial charge < -0.3 is 15.1 Å². The molecule has 4 heteroatoms. The fourth-order valence-corrected chi connectivity index (χ4v) is 2.69. The summed E-state index contributed by atoms with van der Waals surface area (Å²) >= 11 is 0. The highest BCUT2D eigenvalue weighted by Crippen LogP contribution is 2.26. The summed E-state index contributed by atoms with van der Waals surface area (Å²) in [6, 6.07) is 0. The summed E-state index contributed by atoms with van der Waals surface area (Å²) < 4.78 is 0. The monoisotopic (exact) mass is 243 g/mol. The average molecular weight is 243 g/mol. The highest BCUT2D eigenvalue weighted by atomic mass is 16.4. The van der Waals surface area contributed by atoms with Crippen LogP contribution < -0.4 is 0 Å². The molecule has 0 radical (unpaired) electrons. The predicted molar refractivity (Wildman–Crippen MR) is 66.9 cm³/mol. The number of hydrogen-bond donors (Lipinski definition) is 2. The van der Waals surface area contributed by atoms with Crippen LogP contribution in [-0.2, 0) is 4.79 Å². The molecule has 0 amide bonds. The quantitative estimate of drug-likeness (QED) is 0.769. The van der Waals surface area contributed by atoms with Gasteiger partial charge in [0.05, 0.1) is 5.60 Å². The van der Waals surface area contributed by atoms with E-state index in [0.29, 0.717) is 12.5 Å². The molecule has 2 unspecified atom stereocenters. The van der Waals surface area contributed by atoms with Gasteiger partial charge in [0.2, 0.25) is 0 Å². The molecule has 0 aromatic carbocycles. The number of piperidine rings is 1. The lowest BCUT2D eigenvalue weighted by atomic mass is 9.84. The van der Waals surface area contributed by atoms with Crippen LogP contribution in [0.5, 0.6) is 0 Å². The second-order valence-corrected chi connectivity index (χ2v) is 6.03. The number of carboxylic acids is 1. The third kappa shape index (κ3) is 5.50. The summed E-state index contributed by atoms with van der Waals surface area (Å²) in [6.45, 7) is 8.25. The molecule has 1 heterocycles. The highest BCUT2D eigenvalue weighted by molar-refractivity contribution is 5.66. The van der Waals surface area contributed by atoms with Crippen molar-refractivity contribution in [3.63, 3.8) is 0 Å². The molecule has 0 bridgehead atoms. The van der Waals surface area contributed by atoms with Crippen molar-refractivity contribution in [2.75, 3.05) is 19.6 Å². The summed E-state index contributed by atoms with van der Waals surface area (Å²) in [5.41, 5.74) is -0.669. The number of rotatable bonds is 5. The molecule has 2 atom stereocenters. The van der Waals surface area contributed by atoms with Crippen LogP contribution in [0.3, 0.4) is 0 Å². The first-order valence-electron chi connectivity index (χ1n) is 6.44. The van der Waals surface area contributed by atoms with Crippen LogP contribution in [0.2, 0.25) is 0 Å². The van der Waals surface area contributed by atoms with Crippen molar-refractivity contribution in [2.45, 2.75) is 45.6 Å². The zero-order chi connectivity index (χ0) is 13.1. The summed E-state index contributed by atoms with van der Waals surface area (Å²) in [5.74, 6) is -0.0450. The maximum Gasteiger partial charge on any atom is 0.303 e. The van der Waals surface area contributed by atoms with Crippen molar-refractivity contribution < 1.29 is 15.0 Å². The predicted octanol–water partition coefficient (Wildman–Crippen LogP) is 1.58. The van der Waals surface area contributed by atoms with Gasteiger partial charge in [-0.25, -0.2) is 0 Å². The molecular weight excluding hydrogens is 218 g/mol. The summed E-state index contributed by atoms with van der Waals surface area (Å²) in [5, 5.41) is 18.6. The Kier molecular flexibility index (Phi) is 4.95. The van der Waals surface area contributed by atoms with E-state index in [9.17, 15) is 9.90 Å². The smallest absolute Gasteiger partial charge is 0.303 e. The van der Waals surface area contributed by atoms with Crippen LogP contribution >= 0.6 is 0 Å². The van der Waals surface area contributed by atoms with E-state index in [2.05, 4.69) is 4.90 Å². The number of aliphatic carboxylic acids is 1. The van der Waals surface area contributed by atoms with Gasteiger partial charge in [-0.05, 0) is 45.1 Å². The van der Waals surface area contributed by atoms with Crippen molar-refractivity contribution in [2.24, 2.45) is 11.8 Å². The Bertz CT molecular complexity index is 260. The van der Waals surface area contributed by atoms with Crippen LogP contribution in [0.25, 0.3) is 0 Å². The number of hydrogen-bond acceptors (Lipinski definition) is 3. The van der Waals surface area contributed by atoms with Crippen LogP contribution in [0, 0.1) is 11.8 Å². The Balaban J connectivity index is 2.45. The number of aliphatic hydroxyl groups is 1. The lowest BCUT2D eigenvalue weighted by Gasteiger charge is -2.38. The van der Waals surface area contributed by atoms with Gasteiger partial charge in [-0.1, -0.05) is 6.92 Å². The number of β-amino-alcohol motifs (C(OH)–C–C–N with tert-alkyl or cyclic N) is 1. The summed E-state index contributed by atoms with van der Waals surface area (Å²) in [7, 11) is 0. The maximum absolute atomic E-state index is 10.7. The minimum atomic E-state index is -0.711. The Labute approximate surface area is 104 Å². The van der Waals surface area contributed by atoms with E-state index in [1.807, 2.05) is 20.8 Å². The van der Waals surface area contributed by atoms with Crippen LogP contribution in [0.1, 0.15) is 40.0 Å². The maximum atomic E-state index is 10.7. The average Bonchev–Trinajstić information content (AvgIpc) is 2.14. The van der Waals surface area contributed by atoms with Crippen LogP contribution in [0.4, 0.5) is 0 Å². The van der Waals surface area contributed by atoms with Gasteiger partial charge in [0, 0.05) is 19.5 Å². The zero-order valence-corrected chi connectivity index (χ0v) is 11.1. The van der Waals surface area contributed by atoms with Gasteiger partial charge in [0.15, 0.2) is 0 Å². The zero-order valence-electron chi connectivity index (χ0n) is 11.1. The number of carbonyl (C=O) groups is 1. The van der Waals surface area contributed by atoms with Gasteiger partial charge in [-0.3, -0.25) is 4.79 Å². The minimum absolute atomic E-state index is 0.220. The van der Waals surface area contributed by atoms with Gasteiger partial charge >= 0.3 is 5.97 Å². The second-order valence-electron chi connectivity index (χ2n) is 6.03. The fraction of sp³-hybridized carbons (Fsp3) is 0.923. The second kappa shape index (κ2) is 5.83. The molecule has 100 valence electrons. The van der Waals surface area contributed by atoms with Crippen molar-refractivity contribution in [3.8, 4) is 0 Å². The standard InChI is InChI=1S/C13H25NO3/c1-10(7-12(15)16)11-5-4-6-14(8-11)9-13(2,3)17/h10-11,17H,4-9H2,1-3H3,(H,15,16). The van der Waals surface area contributed by atoms with E-state index < -0.39 is 11.6 Å². The normalized spacial score (nSPS) is 24.6. The molecule has 1 aliphatic heterocycles. The van der Waals surface area contributed by atoms with Gasteiger partial charge in [-0.2, -0.15) is 0 Å². The molecule has 17 heavy (non-hydrogen) atoms. The first-order chi connectivity index (χ1) is 7.78. The Morgan fingerprint density at radius 2 is 2.18 bits per heavy atom. The first-order valence-corrected chi connectivity index (χ1v) is 6.44. The van der Waals surface area contributed by atoms with Gasteiger partial charge in [-0.15, -0.1) is 0 Å². The lowest BCUT2D eigenvalue weighted by Crippen LogP contribution is -2.45. The summed E-state index contributed by atoms with van der Waals surface area (Å²) in [6.07, 6.45) is 2.46. The molecule has 1 aliphatic rings. The van der Waals surface area contributed by atoms with Crippen molar-refractivity contribution in [1.82, 2.24) is 4.90 Å².